The van der Waals surface area contributed by atoms with Crippen molar-refractivity contribution in [2.45, 2.75) is 52.0 Å². The van der Waals surface area contributed by atoms with Crippen molar-refractivity contribution in [1.29, 1.82) is 0 Å². The van der Waals surface area contributed by atoms with Crippen molar-refractivity contribution < 1.29 is 0 Å². The Morgan fingerprint density at radius 3 is 2.67 bits per heavy atom. The van der Waals surface area contributed by atoms with Gasteiger partial charge in [0.25, 0.3) is 0 Å². The van der Waals surface area contributed by atoms with Gasteiger partial charge in [-0.1, -0.05) is 13.8 Å². The van der Waals surface area contributed by atoms with E-state index in [0.717, 1.165) is 12.5 Å². The molecule has 2 fully saturated rings. The van der Waals surface area contributed by atoms with Crippen LogP contribution in [0.3, 0.4) is 0 Å². The summed E-state index contributed by atoms with van der Waals surface area (Å²) >= 11 is 0. The Bertz CT molecular complexity index is 209. The first kappa shape index (κ1) is 11.4. The maximum atomic E-state index is 6.19. The van der Waals surface area contributed by atoms with Crippen molar-refractivity contribution in [3.05, 3.63) is 0 Å². The van der Waals surface area contributed by atoms with Crippen LogP contribution >= 0.6 is 0 Å². The predicted molar refractivity (Wildman–Crippen MR) is 64.8 cm³/mol. The zero-order valence-electron chi connectivity index (χ0n) is 10.3. The summed E-state index contributed by atoms with van der Waals surface area (Å²) in [5, 5.41) is 0. The lowest BCUT2D eigenvalue weighted by Gasteiger charge is -2.25. The van der Waals surface area contributed by atoms with Crippen molar-refractivity contribution in [2.75, 3.05) is 19.6 Å². The molecule has 0 radical (unpaired) electrons. The van der Waals surface area contributed by atoms with E-state index < -0.39 is 0 Å². The van der Waals surface area contributed by atoms with Gasteiger partial charge in [0.15, 0.2) is 0 Å². The lowest BCUT2D eigenvalue weighted by atomic mass is 9.85. The minimum Gasteiger partial charge on any atom is -0.326 e. The Hall–Kier alpha value is -0.0800. The van der Waals surface area contributed by atoms with Gasteiger partial charge < -0.3 is 10.6 Å². The third kappa shape index (κ3) is 3.46. The zero-order chi connectivity index (χ0) is 10.9. The van der Waals surface area contributed by atoms with Gasteiger partial charge in [0, 0.05) is 12.6 Å². The van der Waals surface area contributed by atoms with Gasteiger partial charge >= 0.3 is 0 Å². The molecule has 0 bridgehead atoms. The molecule has 2 rings (SSSR count). The standard InChI is InChI=1S/C13H26N2/c1-13(2)6-3-8-15(9-7-13)10-12(14)11-4-5-11/h11-12H,3-10,14H2,1-2H3. The Morgan fingerprint density at radius 1 is 1.27 bits per heavy atom. The maximum absolute atomic E-state index is 6.19. The van der Waals surface area contributed by atoms with Gasteiger partial charge in [-0.15, -0.1) is 0 Å². The molecule has 2 nitrogen and oxygen atoms in total. The normalized spacial score (nSPS) is 29.8. The van der Waals surface area contributed by atoms with E-state index in [1.807, 2.05) is 0 Å². The summed E-state index contributed by atoms with van der Waals surface area (Å²) in [6.45, 7) is 8.46. The first-order valence-corrected chi connectivity index (χ1v) is 6.55. The fourth-order valence-electron chi connectivity index (χ4n) is 2.63. The van der Waals surface area contributed by atoms with E-state index in [1.54, 1.807) is 0 Å². The molecule has 0 amide bonds. The maximum Gasteiger partial charge on any atom is 0.0196 e. The van der Waals surface area contributed by atoms with Crippen LogP contribution in [0.25, 0.3) is 0 Å². The van der Waals surface area contributed by atoms with Crippen LogP contribution in [0.5, 0.6) is 0 Å². The highest BCUT2D eigenvalue weighted by molar-refractivity contribution is 4.87. The van der Waals surface area contributed by atoms with Crippen molar-refractivity contribution in [1.82, 2.24) is 4.90 Å². The highest BCUT2D eigenvalue weighted by Gasteiger charge is 2.30. The molecule has 0 spiro atoms. The molecule has 1 aliphatic carbocycles. The minimum absolute atomic E-state index is 0.450. The number of hydrogen-bond donors (Lipinski definition) is 1. The summed E-state index contributed by atoms with van der Waals surface area (Å²) in [6.07, 6.45) is 6.82. The first-order valence-electron chi connectivity index (χ1n) is 6.55. The van der Waals surface area contributed by atoms with Gasteiger partial charge in [0.05, 0.1) is 0 Å². The topological polar surface area (TPSA) is 29.3 Å². The van der Waals surface area contributed by atoms with Crippen LogP contribution < -0.4 is 5.73 Å². The number of hydrogen-bond acceptors (Lipinski definition) is 2. The Labute approximate surface area is 94.2 Å². The second kappa shape index (κ2) is 4.42. The molecule has 15 heavy (non-hydrogen) atoms. The van der Waals surface area contributed by atoms with Crippen LogP contribution in [0.15, 0.2) is 0 Å². The number of rotatable bonds is 3. The summed E-state index contributed by atoms with van der Waals surface area (Å²) in [5.41, 5.74) is 6.74. The van der Waals surface area contributed by atoms with E-state index >= 15 is 0 Å². The fourth-order valence-corrected chi connectivity index (χ4v) is 2.63. The number of nitrogens with two attached hydrogens (primary N) is 1. The van der Waals surface area contributed by atoms with E-state index in [0.29, 0.717) is 11.5 Å². The number of likely N-dealkylation sites (tertiary alicyclic amines) is 1. The van der Waals surface area contributed by atoms with E-state index in [2.05, 4.69) is 18.7 Å². The second-order valence-corrected chi connectivity index (χ2v) is 6.32. The Kier molecular flexibility index (Phi) is 3.36. The van der Waals surface area contributed by atoms with Crippen molar-refractivity contribution in [2.24, 2.45) is 17.1 Å². The lowest BCUT2D eigenvalue weighted by Crippen LogP contribution is -2.39. The molecule has 2 aliphatic rings. The largest absolute Gasteiger partial charge is 0.326 e. The van der Waals surface area contributed by atoms with Crippen LogP contribution in [0.2, 0.25) is 0 Å². The van der Waals surface area contributed by atoms with E-state index in [9.17, 15) is 0 Å². The van der Waals surface area contributed by atoms with Gasteiger partial charge in [-0.25, -0.2) is 0 Å². The van der Waals surface area contributed by atoms with Gasteiger partial charge in [0.2, 0.25) is 0 Å². The molecule has 0 aromatic rings. The number of nitrogens with zero attached hydrogens (tertiary/aromatic N) is 1. The van der Waals surface area contributed by atoms with Crippen LogP contribution in [-0.2, 0) is 0 Å². The van der Waals surface area contributed by atoms with Gasteiger partial charge in [-0.2, -0.15) is 0 Å². The van der Waals surface area contributed by atoms with Crippen molar-refractivity contribution >= 4 is 0 Å². The molecular formula is C13H26N2. The predicted octanol–water partition coefficient (Wildman–Crippen LogP) is 2.24. The molecule has 1 saturated heterocycles. The molecule has 1 saturated carbocycles. The quantitative estimate of drug-likeness (QED) is 0.774. The fraction of sp³-hybridized carbons (Fsp3) is 1.00. The van der Waals surface area contributed by atoms with Crippen molar-refractivity contribution in [3.8, 4) is 0 Å². The molecule has 2 heteroatoms. The molecule has 1 atom stereocenters. The molecule has 0 aromatic heterocycles. The highest BCUT2D eigenvalue weighted by Crippen LogP contribution is 2.33. The molecule has 0 aromatic carbocycles. The van der Waals surface area contributed by atoms with E-state index in [-0.39, 0.29) is 0 Å². The summed E-state index contributed by atoms with van der Waals surface area (Å²) in [7, 11) is 0. The second-order valence-electron chi connectivity index (χ2n) is 6.32. The van der Waals surface area contributed by atoms with E-state index in [1.165, 1.54) is 45.2 Å². The Morgan fingerprint density at radius 2 is 2.00 bits per heavy atom. The first-order chi connectivity index (χ1) is 7.07. The summed E-state index contributed by atoms with van der Waals surface area (Å²) < 4.78 is 0. The van der Waals surface area contributed by atoms with Gasteiger partial charge in [-0.3, -0.25) is 0 Å². The zero-order valence-corrected chi connectivity index (χ0v) is 10.3. The molecule has 1 aliphatic heterocycles. The van der Waals surface area contributed by atoms with Crippen LogP contribution in [0.1, 0.15) is 46.0 Å². The molecule has 88 valence electrons. The highest BCUT2D eigenvalue weighted by atomic mass is 15.1. The molecule has 1 heterocycles. The third-order valence-electron chi connectivity index (χ3n) is 4.13. The molecular weight excluding hydrogens is 184 g/mol. The van der Waals surface area contributed by atoms with Crippen LogP contribution in [0, 0.1) is 11.3 Å². The van der Waals surface area contributed by atoms with Gasteiger partial charge in [-0.05, 0) is 56.5 Å². The monoisotopic (exact) mass is 210 g/mol. The van der Waals surface area contributed by atoms with Crippen LogP contribution in [-0.4, -0.2) is 30.6 Å². The van der Waals surface area contributed by atoms with Gasteiger partial charge in [0.1, 0.15) is 0 Å². The lowest BCUT2D eigenvalue weighted by molar-refractivity contribution is 0.242. The minimum atomic E-state index is 0.450. The Balaban J connectivity index is 1.77. The average molecular weight is 210 g/mol. The summed E-state index contributed by atoms with van der Waals surface area (Å²) in [6, 6.07) is 0.450. The summed E-state index contributed by atoms with van der Waals surface area (Å²) in [4.78, 5) is 2.59. The molecule has 1 unspecified atom stereocenters. The SMILES string of the molecule is CC1(C)CCCN(CC(N)C2CC2)CC1. The summed E-state index contributed by atoms with van der Waals surface area (Å²) in [5.74, 6) is 0.848. The average Bonchev–Trinajstić information content (AvgIpc) is 2.94. The molecule has 2 N–H and O–H groups in total. The smallest absolute Gasteiger partial charge is 0.0196 e. The van der Waals surface area contributed by atoms with Crippen molar-refractivity contribution in [3.63, 3.8) is 0 Å². The van der Waals surface area contributed by atoms with E-state index in [4.69, 9.17) is 5.73 Å². The van der Waals surface area contributed by atoms with Crippen LogP contribution in [0.4, 0.5) is 0 Å². The third-order valence-corrected chi connectivity index (χ3v) is 4.13.